The molecule has 0 heterocycles. The number of hydrogen-bond donors (Lipinski definition) is 5. The maximum Gasteiger partial charge on any atom is 0.200 e. The lowest BCUT2D eigenvalue weighted by Gasteiger charge is -2.13. The highest BCUT2D eigenvalue weighted by Gasteiger charge is 2.18. The first-order valence-corrected chi connectivity index (χ1v) is 11.3. The van der Waals surface area contributed by atoms with Crippen LogP contribution in [0.15, 0.2) is 78.9 Å². The highest BCUT2D eigenvalue weighted by Crippen LogP contribution is 2.41. The molecule has 0 aromatic heterocycles. The van der Waals surface area contributed by atoms with Gasteiger partial charge in [-0.15, -0.1) is 0 Å². The largest absolute Gasteiger partial charge is 0.504 e. The minimum atomic E-state index is -0.539. The minimum Gasteiger partial charge on any atom is -0.504 e. The van der Waals surface area contributed by atoms with Gasteiger partial charge in [0, 0.05) is 17.5 Å². The first-order chi connectivity index (χ1) is 16.8. The smallest absolute Gasteiger partial charge is 0.200 e. The fourth-order valence-electron chi connectivity index (χ4n) is 4.08. The molecule has 0 spiro atoms. The molecule has 0 saturated carbocycles. The fraction of sp³-hybridized carbons (Fsp3) is 0.138. The SMILES string of the molecule is O=C(c1ccc(Cc2cc(CCCc3ccccc3)c(O)c(O)c2O)cc1)c1cccc(O)c1O. The van der Waals surface area contributed by atoms with Crippen molar-refractivity contribution in [1.29, 1.82) is 0 Å². The summed E-state index contributed by atoms with van der Waals surface area (Å²) < 4.78 is 0. The van der Waals surface area contributed by atoms with Gasteiger partial charge in [-0.1, -0.05) is 60.7 Å². The highest BCUT2D eigenvalue weighted by atomic mass is 16.3. The number of para-hydroxylation sites is 1. The summed E-state index contributed by atoms with van der Waals surface area (Å²) in [7, 11) is 0. The Morgan fingerprint density at radius 1 is 0.600 bits per heavy atom. The molecule has 4 aromatic rings. The van der Waals surface area contributed by atoms with E-state index in [0.717, 1.165) is 18.4 Å². The minimum absolute atomic E-state index is 0.000930. The van der Waals surface area contributed by atoms with E-state index in [0.29, 0.717) is 23.1 Å². The lowest BCUT2D eigenvalue weighted by Crippen LogP contribution is -2.02. The molecule has 0 bridgehead atoms. The number of phenolic OH excluding ortho intramolecular Hbond substituents is 5. The van der Waals surface area contributed by atoms with Crippen molar-refractivity contribution in [2.75, 3.05) is 0 Å². The van der Waals surface area contributed by atoms with E-state index < -0.39 is 17.3 Å². The summed E-state index contributed by atoms with van der Waals surface area (Å²) in [6.07, 6.45) is 2.39. The van der Waals surface area contributed by atoms with E-state index >= 15 is 0 Å². The lowest BCUT2D eigenvalue weighted by molar-refractivity contribution is 0.103. The standard InChI is InChI=1S/C29H26O6/c30-24-11-5-10-23(28(24)34)25(31)20-14-12-19(13-15-20)16-22-17-21(26(32)29(35)27(22)33)9-4-8-18-6-2-1-3-7-18/h1-3,5-7,10-15,17,30,32-35H,4,8-9,16H2. The van der Waals surface area contributed by atoms with Crippen molar-refractivity contribution in [1.82, 2.24) is 0 Å². The van der Waals surface area contributed by atoms with Gasteiger partial charge in [0.1, 0.15) is 0 Å². The van der Waals surface area contributed by atoms with Crippen molar-refractivity contribution in [2.45, 2.75) is 25.7 Å². The van der Waals surface area contributed by atoms with Crippen LogP contribution in [0.1, 0.15) is 44.6 Å². The normalized spacial score (nSPS) is 10.9. The second kappa shape index (κ2) is 10.2. The summed E-state index contributed by atoms with van der Waals surface area (Å²) in [6.45, 7) is 0. The molecule has 0 unspecified atom stereocenters. The van der Waals surface area contributed by atoms with Crippen molar-refractivity contribution in [2.24, 2.45) is 0 Å². The van der Waals surface area contributed by atoms with Gasteiger partial charge in [-0.3, -0.25) is 4.79 Å². The molecule has 0 saturated heterocycles. The zero-order valence-corrected chi connectivity index (χ0v) is 19.0. The van der Waals surface area contributed by atoms with Crippen LogP contribution in [0.2, 0.25) is 0 Å². The van der Waals surface area contributed by atoms with E-state index in [2.05, 4.69) is 0 Å². The average Bonchev–Trinajstić information content (AvgIpc) is 2.87. The summed E-state index contributed by atoms with van der Waals surface area (Å²) >= 11 is 0. The Morgan fingerprint density at radius 3 is 2.00 bits per heavy atom. The first kappa shape index (κ1) is 23.7. The third kappa shape index (κ3) is 5.22. The molecule has 0 aliphatic carbocycles. The number of aromatic hydroxyl groups is 5. The van der Waals surface area contributed by atoms with Crippen LogP contribution in [-0.2, 0) is 19.3 Å². The third-order valence-electron chi connectivity index (χ3n) is 6.03. The summed E-state index contributed by atoms with van der Waals surface area (Å²) in [6, 6.07) is 22.5. The van der Waals surface area contributed by atoms with Crippen LogP contribution in [0.25, 0.3) is 0 Å². The van der Waals surface area contributed by atoms with Crippen molar-refractivity contribution in [3.8, 4) is 28.7 Å². The molecule has 0 aliphatic heterocycles. The van der Waals surface area contributed by atoms with Gasteiger partial charge >= 0.3 is 0 Å². The zero-order valence-electron chi connectivity index (χ0n) is 19.0. The van der Waals surface area contributed by atoms with E-state index in [1.807, 2.05) is 30.3 Å². The monoisotopic (exact) mass is 470 g/mol. The molecule has 35 heavy (non-hydrogen) atoms. The van der Waals surface area contributed by atoms with Crippen LogP contribution in [0.5, 0.6) is 28.7 Å². The zero-order chi connectivity index (χ0) is 24.9. The number of phenols is 5. The summed E-state index contributed by atoms with van der Waals surface area (Å²) in [5.41, 5.74) is 3.30. The second-order valence-corrected chi connectivity index (χ2v) is 8.46. The maximum atomic E-state index is 12.7. The molecule has 0 aliphatic rings. The van der Waals surface area contributed by atoms with Crippen molar-refractivity contribution < 1.29 is 30.3 Å². The van der Waals surface area contributed by atoms with E-state index in [-0.39, 0.29) is 29.2 Å². The molecule has 0 amide bonds. The summed E-state index contributed by atoms with van der Waals surface area (Å²) in [5, 5.41) is 50.6. The molecular formula is C29H26O6. The van der Waals surface area contributed by atoms with Crippen molar-refractivity contribution in [3.63, 3.8) is 0 Å². The van der Waals surface area contributed by atoms with Gasteiger partial charge in [0.25, 0.3) is 0 Å². The Labute approximate surface area is 203 Å². The van der Waals surface area contributed by atoms with Crippen LogP contribution in [0, 0.1) is 0 Å². The van der Waals surface area contributed by atoms with Gasteiger partial charge in [0.15, 0.2) is 28.8 Å². The third-order valence-corrected chi connectivity index (χ3v) is 6.03. The molecule has 0 fully saturated rings. The molecule has 178 valence electrons. The Bertz CT molecular complexity index is 1340. The van der Waals surface area contributed by atoms with Gasteiger partial charge in [-0.25, -0.2) is 0 Å². The van der Waals surface area contributed by atoms with Crippen LogP contribution in [-0.4, -0.2) is 31.3 Å². The number of rotatable bonds is 8. The maximum absolute atomic E-state index is 12.7. The van der Waals surface area contributed by atoms with Gasteiger partial charge in [-0.2, -0.15) is 0 Å². The van der Waals surface area contributed by atoms with Crippen LogP contribution in [0.4, 0.5) is 0 Å². The predicted octanol–water partition coefficient (Wildman–Crippen LogP) is 5.21. The second-order valence-electron chi connectivity index (χ2n) is 8.46. The molecule has 4 aromatic carbocycles. The van der Waals surface area contributed by atoms with E-state index in [4.69, 9.17) is 0 Å². The molecule has 5 N–H and O–H groups in total. The Hall–Kier alpha value is -4.45. The summed E-state index contributed by atoms with van der Waals surface area (Å²) in [4.78, 5) is 12.7. The van der Waals surface area contributed by atoms with Crippen LogP contribution >= 0.6 is 0 Å². The number of aryl methyl sites for hydroxylation is 2. The van der Waals surface area contributed by atoms with Gasteiger partial charge in [-0.05, 0) is 54.2 Å². The lowest BCUT2D eigenvalue weighted by atomic mass is 9.95. The quantitative estimate of drug-likeness (QED) is 0.178. The van der Waals surface area contributed by atoms with Crippen LogP contribution < -0.4 is 0 Å². The number of carbonyl (C=O) groups is 1. The Balaban J connectivity index is 1.50. The topological polar surface area (TPSA) is 118 Å². The van der Waals surface area contributed by atoms with Gasteiger partial charge in [0.05, 0.1) is 5.56 Å². The summed E-state index contributed by atoms with van der Waals surface area (Å²) in [5.74, 6) is -2.50. The number of hydrogen-bond acceptors (Lipinski definition) is 6. The van der Waals surface area contributed by atoms with E-state index in [9.17, 15) is 30.3 Å². The van der Waals surface area contributed by atoms with Gasteiger partial charge in [0.2, 0.25) is 5.75 Å². The molecule has 6 heteroatoms. The Kier molecular flexibility index (Phi) is 6.92. The van der Waals surface area contributed by atoms with Crippen molar-refractivity contribution in [3.05, 3.63) is 112 Å². The fourth-order valence-corrected chi connectivity index (χ4v) is 4.08. The first-order valence-electron chi connectivity index (χ1n) is 11.3. The highest BCUT2D eigenvalue weighted by molar-refractivity contribution is 6.11. The van der Waals surface area contributed by atoms with E-state index in [1.54, 1.807) is 30.3 Å². The van der Waals surface area contributed by atoms with E-state index in [1.165, 1.54) is 23.8 Å². The predicted molar refractivity (Wildman–Crippen MR) is 132 cm³/mol. The molecular weight excluding hydrogens is 444 g/mol. The number of benzene rings is 4. The molecule has 0 radical (unpaired) electrons. The molecule has 6 nitrogen and oxygen atoms in total. The Morgan fingerprint density at radius 2 is 1.29 bits per heavy atom. The molecule has 4 rings (SSSR count). The number of carbonyl (C=O) groups excluding carboxylic acids is 1. The van der Waals surface area contributed by atoms with Gasteiger partial charge < -0.3 is 25.5 Å². The number of ketones is 1. The van der Waals surface area contributed by atoms with Crippen LogP contribution in [0.3, 0.4) is 0 Å². The van der Waals surface area contributed by atoms with Crippen molar-refractivity contribution >= 4 is 5.78 Å². The average molecular weight is 471 g/mol. The molecule has 0 atom stereocenters.